The number of nitrogens with one attached hydrogen (secondary N) is 1. The SMILES string of the molecule is CN(C)CCNC(=O)C[P+](c1ccccc1)(c1ccccc1)c1ccccc1.[Cl-]. The van der Waals surface area contributed by atoms with E-state index >= 15 is 0 Å². The van der Waals surface area contributed by atoms with E-state index in [0.29, 0.717) is 12.7 Å². The lowest BCUT2D eigenvalue weighted by atomic mass is 10.4. The lowest BCUT2D eigenvalue weighted by Gasteiger charge is -2.27. The average Bonchev–Trinajstić information content (AvgIpc) is 2.74. The molecule has 0 aromatic heterocycles. The van der Waals surface area contributed by atoms with Gasteiger partial charge in [0.05, 0.1) is 0 Å². The Kier molecular flexibility index (Phi) is 8.85. The molecule has 0 aliphatic carbocycles. The van der Waals surface area contributed by atoms with Crippen LogP contribution in [0.15, 0.2) is 91.0 Å². The summed E-state index contributed by atoms with van der Waals surface area (Å²) in [7, 11) is 1.93. The van der Waals surface area contributed by atoms with Gasteiger partial charge in [-0.2, -0.15) is 0 Å². The maximum Gasteiger partial charge on any atom is 0.258 e. The van der Waals surface area contributed by atoms with Crippen molar-refractivity contribution in [2.75, 3.05) is 33.3 Å². The number of amides is 1. The summed E-state index contributed by atoms with van der Waals surface area (Å²) in [6.07, 6.45) is 0.471. The molecule has 152 valence electrons. The van der Waals surface area contributed by atoms with Crippen molar-refractivity contribution in [3.63, 3.8) is 0 Å². The van der Waals surface area contributed by atoms with Crippen LogP contribution in [0.4, 0.5) is 0 Å². The van der Waals surface area contributed by atoms with E-state index in [9.17, 15) is 4.79 Å². The van der Waals surface area contributed by atoms with Crippen LogP contribution in [0.3, 0.4) is 0 Å². The van der Waals surface area contributed by atoms with Crippen molar-refractivity contribution in [3.05, 3.63) is 91.0 Å². The molecule has 0 aliphatic rings. The van der Waals surface area contributed by atoms with Crippen molar-refractivity contribution in [3.8, 4) is 0 Å². The third-order valence-corrected chi connectivity index (χ3v) is 9.15. The fourth-order valence-corrected chi connectivity index (χ4v) is 7.49. The molecule has 0 unspecified atom stereocenters. The van der Waals surface area contributed by atoms with Crippen molar-refractivity contribution >= 4 is 29.1 Å². The highest BCUT2D eigenvalue weighted by atomic mass is 35.5. The number of halogens is 1. The first kappa shape index (κ1) is 23.1. The van der Waals surface area contributed by atoms with E-state index in [0.717, 1.165) is 6.54 Å². The van der Waals surface area contributed by atoms with Crippen LogP contribution < -0.4 is 33.6 Å². The third kappa shape index (κ3) is 5.67. The van der Waals surface area contributed by atoms with Crippen LogP contribution in [0.25, 0.3) is 0 Å². The van der Waals surface area contributed by atoms with Crippen LogP contribution in [-0.2, 0) is 4.79 Å². The van der Waals surface area contributed by atoms with E-state index in [-0.39, 0.29) is 18.3 Å². The minimum absolute atomic E-state index is 0. The minimum Gasteiger partial charge on any atom is -1.00 e. The third-order valence-electron chi connectivity index (χ3n) is 4.85. The lowest BCUT2D eigenvalue weighted by molar-refractivity contribution is -0.118. The number of carbonyl (C=O) groups is 1. The maximum atomic E-state index is 13.1. The summed E-state index contributed by atoms with van der Waals surface area (Å²) in [4.78, 5) is 15.1. The molecule has 1 N–H and O–H groups in total. The number of carbonyl (C=O) groups excluding carboxylic acids is 1. The fourth-order valence-electron chi connectivity index (χ4n) is 3.46. The molecule has 5 heteroatoms. The number of nitrogens with zero attached hydrogens (tertiary/aromatic N) is 1. The minimum atomic E-state index is -2.10. The van der Waals surface area contributed by atoms with Gasteiger partial charge in [0.1, 0.15) is 23.2 Å². The number of hydrogen-bond acceptors (Lipinski definition) is 2. The van der Waals surface area contributed by atoms with Gasteiger partial charge in [0, 0.05) is 13.1 Å². The Hall–Kier alpha value is -2.19. The molecule has 0 fully saturated rings. The van der Waals surface area contributed by atoms with Gasteiger partial charge in [-0.15, -0.1) is 0 Å². The normalized spacial score (nSPS) is 11.0. The summed E-state index contributed by atoms with van der Waals surface area (Å²) in [6.45, 7) is 1.49. The van der Waals surface area contributed by atoms with Gasteiger partial charge in [0.15, 0.2) is 6.16 Å². The van der Waals surface area contributed by atoms with Crippen molar-refractivity contribution in [2.45, 2.75) is 0 Å². The Morgan fingerprint density at radius 2 is 1.14 bits per heavy atom. The Balaban J connectivity index is 0.00000300. The van der Waals surface area contributed by atoms with E-state index in [2.05, 4.69) is 83.0 Å². The lowest BCUT2D eigenvalue weighted by Crippen LogP contribution is -3.00. The van der Waals surface area contributed by atoms with Gasteiger partial charge in [0.25, 0.3) is 5.91 Å². The molecule has 0 radical (unpaired) electrons. The van der Waals surface area contributed by atoms with Crippen molar-refractivity contribution in [2.24, 2.45) is 0 Å². The molecule has 0 aliphatic heterocycles. The highest BCUT2D eigenvalue weighted by Crippen LogP contribution is 2.54. The Morgan fingerprint density at radius 1 is 0.759 bits per heavy atom. The molecule has 0 atom stereocenters. The van der Waals surface area contributed by atoms with Crippen molar-refractivity contribution in [1.82, 2.24) is 10.2 Å². The second-order valence-electron chi connectivity index (χ2n) is 7.13. The van der Waals surface area contributed by atoms with Crippen LogP contribution in [-0.4, -0.2) is 44.2 Å². The largest absolute Gasteiger partial charge is 1.00 e. The summed E-state index contributed by atoms with van der Waals surface area (Å²) in [5.41, 5.74) is 0. The van der Waals surface area contributed by atoms with Gasteiger partial charge < -0.3 is 22.6 Å². The predicted octanol–water partition coefficient (Wildman–Crippen LogP) is -0.338. The van der Waals surface area contributed by atoms with E-state index in [1.807, 2.05) is 32.3 Å². The number of benzene rings is 3. The number of likely N-dealkylation sites (N-methyl/N-ethyl adjacent to an activating group) is 1. The predicted molar refractivity (Wildman–Crippen MR) is 122 cm³/mol. The second-order valence-corrected chi connectivity index (χ2v) is 10.6. The first-order valence-corrected chi connectivity index (χ1v) is 11.6. The standard InChI is InChI=1S/C24H27N2OP.ClH/c1-26(2)19-18-25-24(27)20-28(21-12-6-3-7-13-21,22-14-8-4-9-15-22)23-16-10-5-11-17-23;/h3-17H,18-20H2,1-2H3;1H. The van der Waals surface area contributed by atoms with E-state index in [1.54, 1.807) is 0 Å². The summed E-state index contributed by atoms with van der Waals surface area (Å²) < 4.78 is 0. The fraction of sp³-hybridized carbons (Fsp3) is 0.208. The van der Waals surface area contributed by atoms with Gasteiger partial charge in [-0.25, -0.2) is 0 Å². The first-order valence-electron chi connectivity index (χ1n) is 9.59. The highest BCUT2D eigenvalue weighted by molar-refractivity contribution is 7.96. The van der Waals surface area contributed by atoms with Gasteiger partial charge >= 0.3 is 0 Å². The zero-order chi connectivity index (χ0) is 19.8. The van der Waals surface area contributed by atoms with Crippen LogP contribution >= 0.6 is 7.26 Å². The molecule has 0 saturated heterocycles. The van der Waals surface area contributed by atoms with Crippen molar-refractivity contribution < 1.29 is 17.2 Å². The molecule has 0 heterocycles. The second kappa shape index (κ2) is 11.1. The molecule has 29 heavy (non-hydrogen) atoms. The molecule has 0 bridgehead atoms. The molecule has 3 nitrogen and oxygen atoms in total. The molecule has 0 spiro atoms. The number of hydrogen-bond donors (Lipinski definition) is 1. The monoisotopic (exact) mass is 426 g/mol. The van der Waals surface area contributed by atoms with E-state index < -0.39 is 7.26 Å². The summed E-state index contributed by atoms with van der Waals surface area (Å²) in [6, 6.07) is 31.5. The Morgan fingerprint density at radius 3 is 1.48 bits per heavy atom. The van der Waals surface area contributed by atoms with Gasteiger partial charge in [-0.05, 0) is 50.5 Å². The van der Waals surface area contributed by atoms with Crippen LogP contribution in [0, 0.1) is 0 Å². The average molecular weight is 427 g/mol. The topological polar surface area (TPSA) is 32.3 Å². The van der Waals surface area contributed by atoms with E-state index in [1.165, 1.54) is 15.9 Å². The van der Waals surface area contributed by atoms with Crippen LogP contribution in [0.2, 0.25) is 0 Å². The van der Waals surface area contributed by atoms with Crippen LogP contribution in [0.1, 0.15) is 0 Å². The molecular weight excluding hydrogens is 399 g/mol. The van der Waals surface area contributed by atoms with Crippen LogP contribution in [0.5, 0.6) is 0 Å². The quantitative estimate of drug-likeness (QED) is 0.500. The molecule has 3 aromatic rings. The smallest absolute Gasteiger partial charge is 0.258 e. The molecule has 0 saturated carbocycles. The zero-order valence-corrected chi connectivity index (χ0v) is 18.6. The molecule has 1 amide bonds. The number of rotatable bonds is 8. The molecule has 3 rings (SSSR count). The summed E-state index contributed by atoms with van der Waals surface area (Å²) >= 11 is 0. The summed E-state index contributed by atoms with van der Waals surface area (Å²) in [5.74, 6) is 0.103. The summed E-state index contributed by atoms with van der Waals surface area (Å²) in [5, 5.41) is 6.82. The van der Waals surface area contributed by atoms with Crippen molar-refractivity contribution in [1.29, 1.82) is 0 Å². The van der Waals surface area contributed by atoms with Gasteiger partial charge in [0.2, 0.25) is 0 Å². The molecule has 3 aromatic carbocycles. The highest BCUT2D eigenvalue weighted by Gasteiger charge is 2.47. The van der Waals surface area contributed by atoms with Gasteiger partial charge in [-0.3, -0.25) is 4.79 Å². The first-order chi connectivity index (χ1) is 13.6. The maximum absolute atomic E-state index is 13.1. The molecular formula is C24H28ClN2OP. The Bertz CT molecular complexity index is 776. The zero-order valence-electron chi connectivity index (χ0n) is 17.0. The van der Waals surface area contributed by atoms with E-state index in [4.69, 9.17) is 0 Å². The van der Waals surface area contributed by atoms with Gasteiger partial charge in [-0.1, -0.05) is 54.6 Å². The Labute approximate surface area is 180 Å².